The van der Waals surface area contributed by atoms with Crippen molar-refractivity contribution in [3.8, 4) is 0 Å². The summed E-state index contributed by atoms with van der Waals surface area (Å²) in [6.45, 7) is 2.55. The van der Waals surface area contributed by atoms with Gasteiger partial charge in [-0.25, -0.2) is 4.98 Å². The predicted octanol–water partition coefficient (Wildman–Crippen LogP) is 0.917. The SMILES string of the molecule is CC(=O)C(C)OC(=O)Cn1cnc2ccccc2c1=O. The normalized spacial score (nSPS) is 12.1. The largest absolute Gasteiger partial charge is 0.453 e. The van der Waals surface area contributed by atoms with E-state index in [4.69, 9.17) is 4.74 Å². The minimum atomic E-state index is -0.813. The summed E-state index contributed by atoms with van der Waals surface area (Å²) in [5, 5.41) is 0.433. The quantitative estimate of drug-likeness (QED) is 0.775. The van der Waals surface area contributed by atoms with Crippen molar-refractivity contribution in [3.63, 3.8) is 0 Å². The number of carbonyl (C=O) groups is 2. The molecule has 0 aliphatic heterocycles. The molecule has 0 amide bonds. The van der Waals surface area contributed by atoms with Crippen LogP contribution >= 0.6 is 0 Å². The fourth-order valence-electron chi connectivity index (χ4n) is 1.68. The van der Waals surface area contributed by atoms with Crippen molar-refractivity contribution in [2.75, 3.05) is 0 Å². The molecule has 20 heavy (non-hydrogen) atoms. The van der Waals surface area contributed by atoms with Crippen LogP contribution in [0.4, 0.5) is 0 Å². The maximum atomic E-state index is 12.1. The zero-order valence-electron chi connectivity index (χ0n) is 11.2. The van der Waals surface area contributed by atoms with E-state index in [1.165, 1.54) is 20.2 Å². The molecule has 0 radical (unpaired) electrons. The molecule has 1 unspecified atom stereocenters. The maximum absolute atomic E-state index is 12.1. The number of para-hydroxylation sites is 1. The summed E-state index contributed by atoms with van der Waals surface area (Å²) < 4.78 is 6.07. The molecule has 0 saturated carbocycles. The third kappa shape index (κ3) is 2.90. The molecular formula is C14H14N2O4. The first kappa shape index (κ1) is 13.9. The van der Waals surface area contributed by atoms with Gasteiger partial charge in [-0.1, -0.05) is 12.1 Å². The minimum absolute atomic E-state index is 0.248. The van der Waals surface area contributed by atoms with Crippen LogP contribution in [0.15, 0.2) is 35.4 Å². The third-order valence-corrected chi connectivity index (χ3v) is 2.91. The van der Waals surface area contributed by atoms with Crippen molar-refractivity contribution in [3.05, 3.63) is 40.9 Å². The van der Waals surface area contributed by atoms with Crippen molar-refractivity contribution in [2.24, 2.45) is 0 Å². The molecule has 0 aliphatic carbocycles. The number of benzene rings is 1. The summed E-state index contributed by atoms with van der Waals surface area (Å²) in [6.07, 6.45) is 0.483. The van der Waals surface area contributed by atoms with E-state index >= 15 is 0 Å². The number of ketones is 1. The van der Waals surface area contributed by atoms with E-state index in [0.717, 1.165) is 4.57 Å². The van der Waals surface area contributed by atoms with Gasteiger partial charge in [-0.3, -0.25) is 19.0 Å². The van der Waals surface area contributed by atoms with Gasteiger partial charge in [-0.2, -0.15) is 0 Å². The lowest BCUT2D eigenvalue weighted by Gasteiger charge is -2.11. The van der Waals surface area contributed by atoms with Crippen LogP contribution in [0.1, 0.15) is 13.8 Å². The highest BCUT2D eigenvalue weighted by atomic mass is 16.5. The first-order valence-corrected chi connectivity index (χ1v) is 6.13. The Morgan fingerprint density at radius 3 is 2.75 bits per heavy atom. The molecule has 0 fully saturated rings. The van der Waals surface area contributed by atoms with Gasteiger partial charge in [0.1, 0.15) is 6.54 Å². The Hall–Kier alpha value is -2.50. The Morgan fingerprint density at radius 2 is 2.05 bits per heavy atom. The van der Waals surface area contributed by atoms with Gasteiger partial charge in [-0.05, 0) is 26.0 Å². The second-order valence-corrected chi connectivity index (χ2v) is 4.44. The van der Waals surface area contributed by atoms with Crippen molar-refractivity contribution < 1.29 is 14.3 Å². The van der Waals surface area contributed by atoms with Gasteiger partial charge in [0, 0.05) is 0 Å². The second kappa shape index (κ2) is 5.64. The van der Waals surface area contributed by atoms with E-state index in [0.29, 0.717) is 10.9 Å². The molecule has 0 spiro atoms. The lowest BCUT2D eigenvalue weighted by molar-refractivity contribution is -0.154. The van der Waals surface area contributed by atoms with Crippen LogP contribution in [-0.4, -0.2) is 27.4 Å². The van der Waals surface area contributed by atoms with Gasteiger partial charge in [0.05, 0.1) is 17.2 Å². The smallest absolute Gasteiger partial charge is 0.326 e. The zero-order chi connectivity index (χ0) is 14.7. The summed E-state index contributed by atoms with van der Waals surface area (Å²) >= 11 is 0. The fraction of sp³-hybridized carbons (Fsp3) is 0.286. The van der Waals surface area contributed by atoms with Gasteiger partial charge in [-0.15, -0.1) is 0 Å². The lowest BCUT2D eigenvalue weighted by Crippen LogP contribution is -2.29. The summed E-state index contributed by atoms with van der Waals surface area (Å²) in [4.78, 5) is 38.9. The van der Waals surface area contributed by atoms with Gasteiger partial charge in [0.25, 0.3) is 5.56 Å². The molecule has 1 aromatic heterocycles. The Balaban J connectivity index is 2.22. The molecule has 1 atom stereocenters. The number of fused-ring (bicyclic) bond motifs is 1. The molecule has 2 aromatic rings. The third-order valence-electron chi connectivity index (χ3n) is 2.91. The van der Waals surface area contributed by atoms with Crippen molar-refractivity contribution in [1.29, 1.82) is 0 Å². The molecule has 1 aromatic carbocycles. The molecule has 0 bridgehead atoms. The average Bonchev–Trinajstić information content (AvgIpc) is 2.42. The highest BCUT2D eigenvalue weighted by Crippen LogP contribution is 2.04. The van der Waals surface area contributed by atoms with Gasteiger partial charge < -0.3 is 4.74 Å². The van der Waals surface area contributed by atoms with E-state index in [1.54, 1.807) is 24.3 Å². The van der Waals surface area contributed by atoms with E-state index in [1.807, 2.05) is 0 Å². The van der Waals surface area contributed by atoms with Crippen LogP contribution < -0.4 is 5.56 Å². The van der Waals surface area contributed by atoms with Crippen molar-refractivity contribution in [1.82, 2.24) is 9.55 Å². The number of Topliss-reactive ketones (excluding diaryl/α,β-unsaturated/α-hetero) is 1. The number of aromatic nitrogens is 2. The number of nitrogens with zero attached hydrogens (tertiary/aromatic N) is 2. The average molecular weight is 274 g/mol. The Kier molecular flexibility index (Phi) is 3.93. The molecule has 0 N–H and O–H groups in total. The number of rotatable bonds is 4. The van der Waals surface area contributed by atoms with Gasteiger partial charge in [0.2, 0.25) is 0 Å². The summed E-state index contributed by atoms with van der Waals surface area (Å²) in [5.41, 5.74) is 0.252. The van der Waals surface area contributed by atoms with E-state index in [9.17, 15) is 14.4 Å². The topological polar surface area (TPSA) is 78.3 Å². The Morgan fingerprint density at radius 1 is 1.35 bits per heavy atom. The number of carbonyl (C=O) groups excluding carboxylic acids is 2. The standard InChI is InChI=1S/C14H14N2O4/c1-9(17)10(2)20-13(18)7-16-8-15-12-6-4-3-5-11(12)14(16)19/h3-6,8,10H,7H2,1-2H3. The molecule has 0 saturated heterocycles. The van der Waals surface area contributed by atoms with E-state index in [2.05, 4.69) is 4.98 Å². The predicted molar refractivity (Wildman–Crippen MR) is 72.2 cm³/mol. The lowest BCUT2D eigenvalue weighted by atomic mass is 10.2. The van der Waals surface area contributed by atoms with Crippen LogP contribution in [0.2, 0.25) is 0 Å². The highest BCUT2D eigenvalue weighted by molar-refractivity contribution is 5.83. The summed E-state index contributed by atoms with van der Waals surface area (Å²) in [5.74, 6) is -0.894. The molecule has 104 valence electrons. The van der Waals surface area contributed by atoms with Crippen LogP contribution in [-0.2, 0) is 20.9 Å². The van der Waals surface area contributed by atoms with Crippen LogP contribution in [0.3, 0.4) is 0 Å². The molecule has 2 rings (SSSR count). The number of hydrogen-bond donors (Lipinski definition) is 0. The number of hydrogen-bond acceptors (Lipinski definition) is 5. The first-order chi connectivity index (χ1) is 9.49. The molecule has 6 heteroatoms. The van der Waals surface area contributed by atoms with E-state index < -0.39 is 12.1 Å². The Labute approximate surface area is 115 Å². The second-order valence-electron chi connectivity index (χ2n) is 4.44. The molecule has 6 nitrogen and oxygen atoms in total. The van der Waals surface area contributed by atoms with Crippen LogP contribution in [0, 0.1) is 0 Å². The fourth-order valence-corrected chi connectivity index (χ4v) is 1.68. The van der Waals surface area contributed by atoms with E-state index in [-0.39, 0.29) is 17.9 Å². The number of esters is 1. The molecule has 0 aliphatic rings. The summed E-state index contributed by atoms with van der Waals surface area (Å²) in [6, 6.07) is 6.87. The van der Waals surface area contributed by atoms with Gasteiger partial charge in [0.15, 0.2) is 11.9 Å². The van der Waals surface area contributed by atoms with Crippen molar-refractivity contribution >= 4 is 22.7 Å². The van der Waals surface area contributed by atoms with Crippen molar-refractivity contribution in [2.45, 2.75) is 26.5 Å². The van der Waals surface area contributed by atoms with Crippen LogP contribution in [0.5, 0.6) is 0 Å². The molecular weight excluding hydrogens is 260 g/mol. The minimum Gasteiger partial charge on any atom is -0.453 e. The Bertz CT molecular complexity index is 720. The monoisotopic (exact) mass is 274 g/mol. The molecule has 1 heterocycles. The highest BCUT2D eigenvalue weighted by Gasteiger charge is 2.15. The maximum Gasteiger partial charge on any atom is 0.326 e. The summed E-state index contributed by atoms with van der Waals surface area (Å²) in [7, 11) is 0. The zero-order valence-corrected chi connectivity index (χ0v) is 11.2. The number of ether oxygens (including phenoxy) is 1. The first-order valence-electron chi connectivity index (χ1n) is 6.13. The van der Waals surface area contributed by atoms with Gasteiger partial charge >= 0.3 is 5.97 Å². The van der Waals surface area contributed by atoms with Crippen LogP contribution in [0.25, 0.3) is 10.9 Å².